The molecule has 0 bridgehead atoms. The van der Waals surface area contributed by atoms with Gasteiger partial charge in [0.2, 0.25) is 11.8 Å². The second kappa shape index (κ2) is 15.0. The summed E-state index contributed by atoms with van der Waals surface area (Å²) in [5, 5.41) is 3.43. The van der Waals surface area contributed by atoms with Crippen molar-refractivity contribution in [3.8, 4) is 5.75 Å². The van der Waals surface area contributed by atoms with Crippen LogP contribution in [0.1, 0.15) is 43.0 Å². The summed E-state index contributed by atoms with van der Waals surface area (Å²) in [5.74, 6) is -0.305. The Kier molecular flexibility index (Phi) is 11.4. The first-order valence-electron chi connectivity index (χ1n) is 15.3. The van der Waals surface area contributed by atoms with Gasteiger partial charge in [0, 0.05) is 23.5 Å². The van der Waals surface area contributed by atoms with Gasteiger partial charge in [0.15, 0.2) is 0 Å². The van der Waals surface area contributed by atoms with Crippen LogP contribution in [0.2, 0.25) is 5.02 Å². The molecule has 4 aromatic carbocycles. The standard InChI is InChI=1S/C37H42ClN3O5S/c1-26-15-18-31(21-27(26)2)41(47(44,45)33-19-16-30(38)17-20-33)25-35(42)40(24-29-13-10-14-32(22-29)46-6)34(36(43)39-37(3,4)5)23-28-11-8-7-9-12-28/h7-22,34H,23-25H2,1-6H3,(H,39,43)/t34-/m1/s1. The van der Waals surface area contributed by atoms with Crippen LogP contribution in [0.3, 0.4) is 0 Å². The fourth-order valence-corrected chi connectivity index (χ4v) is 6.65. The summed E-state index contributed by atoms with van der Waals surface area (Å²) in [6, 6.07) is 26.8. The smallest absolute Gasteiger partial charge is 0.264 e. The molecule has 4 aromatic rings. The minimum absolute atomic E-state index is 0.0152. The van der Waals surface area contributed by atoms with Gasteiger partial charge in [0.1, 0.15) is 18.3 Å². The molecule has 248 valence electrons. The normalized spacial score (nSPS) is 12.2. The summed E-state index contributed by atoms with van der Waals surface area (Å²) in [5.41, 5.74) is 3.16. The van der Waals surface area contributed by atoms with Gasteiger partial charge in [-0.15, -0.1) is 0 Å². The van der Waals surface area contributed by atoms with E-state index in [0.717, 1.165) is 26.6 Å². The number of nitrogens with zero attached hydrogens (tertiary/aromatic N) is 2. The van der Waals surface area contributed by atoms with Gasteiger partial charge in [0.05, 0.1) is 17.7 Å². The van der Waals surface area contributed by atoms with Gasteiger partial charge in [-0.2, -0.15) is 0 Å². The molecule has 0 fully saturated rings. The number of carbonyl (C=O) groups is 2. The number of benzene rings is 4. The Morgan fingerprint density at radius 2 is 1.51 bits per heavy atom. The molecule has 10 heteroatoms. The summed E-state index contributed by atoms with van der Waals surface area (Å²) in [6.45, 7) is 8.92. The number of carbonyl (C=O) groups excluding carboxylic acids is 2. The lowest BCUT2D eigenvalue weighted by atomic mass is 10.0. The minimum atomic E-state index is -4.24. The number of halogens is 1. The highest BCUT2D eigenvalue weighted by molar-refractivity contribution is 7.92. The third kappa shape index (κ3) is 9.36. The molecular weight excluding hydrogens is 634 g/mol. The van der Waals surface area contributed by atoms with Crippen LogP contribution in [-0.2, 0) is 32.6 Å². The van der Waals surface area contributed by atoms with Gasteiger partial charge >= 0.3 is 0 Å². The summed E-state index contributed by atoms with van der Waals surface area (Å²) < 4.78 is 35.0. The van der Waals surface area contributed by atoms with E-state index < -0.39 is 34.1 Å². The van der Waals surface area contributed by atoms with E-state index in [1.165, 1.54) is 29.2 Å². The zero-order valence-corrected chi connectivity index (χ0v) is 29.2. The van der Waals surface area contributed by atoms with Crippen molar-refractivity contribution in [1.29, 1.82) is 0 Å². The number of ether oxygens (including phenoxy) is 1. The molecule has 4 rings (SSSR count). The van der Waals surface area contributed by atoms with E-state index in [1.807, 2.05) is 83.1 Å². The highest BCUT2D eigenvalue weighted by atomic mass is 35.5. The molecule has 0 saturated heterocycles. The predicted octanol–water partition coefficient (Wildman–Crippen LogP) is 6.72. The lowest BCUT2D eigenvalue weighted by Gasteiger charge is -2.35. The predicted molar refractivity (Wildman–Crippen MR) is 187 cm³/mol. The first-order valence-corrected chi connectivity index (χ1v) is 17.1. The molecule has 0 aliphatic heterocycles. The number of sulfonamides is 1. The molecule has 47 heavy (non-hydrogen) atoms. The molecule has 1 atom stereocenters. The molecule has 0 saturated carbocycles. The molecule has 1 N–H and O–H groups in total. The Balaban J connectivity index is 1.84. The Morgan fingerprint density at radius 1 is 0.851 bits per heavy atom. The van der Waals surface area contributed by atoms with Crippen LogP contribution in [-0.4, -0.2) is 50.4 Å². The van der Waals surface area contributed by atoms with Crippen LogP contribution in [0.15, 0.2) is 102 Å². The van der Waals surface area contributed by atoms with Gasteiger partial charge in [-0.05, 0) is 105 Å². The third-order valence-electron chi connectivity index (χ3n) is 7.72. The fraction of sp³-hybridized carbons (Fsp3) is 0.297. The highest BCUT2D eigenvalue weighted by Gasteiger charge is 2.35. The average Bonchev–Trinajstić information content (AvgIpc) is 3.02. The number of methoxy groups -OCH3 is 1. The van der Waals surface area contributed by atoms with E-state index in [9.17, 15) is 18.0 Å². The monoisotopic (exact) mass is 675 g/mol. The van der Waals surface area contributed by atoms with E-state index in [1.54, 1.807) is 31.4 Å². The van der Waals surface area contributed by atoms with Gasteiger partial charge in [-0.3, -0.25) is 13.9 Å². The molecule has 0 aromatic heterocycles. The molecule has 0 unspecified atom stereocenters. The fourth-order valence-electron chi connectivity index (χ4n) is 5.12. The molecule has 0 heterocycles. The van der Waals surface area contributed by atoms with Gasteiger partial charge in [0.25, 0.3) is 10.0 Å². The van der Waals surface area contributed by atoms with Crippen molar-refractivity contribution in [2.75, 3.05) is 18.0 Å². The summed E-state index contributed by atoms with van der Waals surface area (Å²) in [4.78, 5) is 30.1. The molecule has 8 nitrogen and oxygen atoms in total. The van der Waals surface area contributed by atoms with Crippen LogP contribution in [0.4, 0.5) is 5.69 Å². The Hall–Kier alpha value is -4.34. The Labute approximate surface area is 283 Å². The second-order valence-electron chi connectivity index (χ2n) is 12.6. The molecule has 0 radical (unpaired) electrons. The van der Waals surface area contributed by atoms with Crippen LogP contribution >= 0.6 is 11.6 Å². The van der Waals surface area contributed by atoms with Gasteiger partial charge in [-0.25, -0.2) is 8.42 Å². The quantitative estimate of drug-likeness (QED) is 0.180. The van der Waals surface area contributed by atoms with Crippen LogP contribution in [0.25, 0.3) is 0 Å². The molecular formula is C37H42ClN3O5S. The van der Waals surface area contributed by atoms with E-state index in [4.69, 9.17) is 16.3 Å². The maximum Gasteiger partial charge on any atom is 0.264 e. The average molecular weight is 676 g/mol. The topological polar surface area (TPSA) is 96.0 Å². The lowest BCUT2D eigenvalue weighted by molar-refractivity contribution is -0.140. The first kappa shape index (κ1) is 35.5. The van der Waals surface area contributed by atoms with Gasteiger partial charge < -0.3 is 15.0 Å². The number of hydrogen-bond donors (Lipinski definition) is 1. The molecule has 0 aliphatic carbocycles. The zero-order valence-electron chi connectivity index (χ0n) is 27.7. The maximum atomic E-state index is 14.7. The Morgan fingerprint density at radius 3 is 2.13 bits per heavy atom. The van der Waals surface area contributed by atoms with E-state index in [-0.39, 0.29) is 23.8 Å². The van der Waals surface area contributed by atoms with Crippen molar-refractivity contribution in [3.05, 3.63) is 124 Å². The van der Waals surface area contributed by atoms with Crippen LogP contribution < -0.4 is 14.4 Å². The number of nitrogens with one attached hydrogen (secondary N) is 1. The maximum absolute atomic E-state index is 14.7. The minimum Gasteiger partial charge on any atom is -0.497 e. The molecule has 0 aliphatic rings. The van der Waals surface area contributed by atoms with Crippen LogP contribution in [0.5, 0.6) is 5.75 Å². The summed E-state index contributed by atoms with van der Waals surface area (Å²) in [7, 11) is -2.68. The zero-order chi connectivity index (χ0) is 34.4. The molecule has 0 spiro atoms. The van der Waals surface area contributed by atoms with Crippen LogP contribution in [0, 0.1) is 13.8 Å². The number of rotatable bonds is 12. The van der Waals surface area contributed by atoms with Crippen molar-refractivity contribution in [2.24, 2.45) is 0 Å². The number of anilines is 1. The van der Waals surface area contributed by atoms with E-state index >= 15 is 0 Å². The lowest BCUT2D eigenvalue weighted by Crippen LogP contribution is -2.56. The van der Waals surface area contributed by atoms with Crippen molar-refractivity contribution in [2.45, 2.75) is 64.1 Å². The number of amides is 2. The number of hydrogen-bond acceptors (Lipinski definition) is 5. The largest absolute Gasteiger partial charge is 0.497 e. The first-order chi connectivity index (χ1) is 22.2. The molecule has 2 amide bonds. The number of aryl methyl sites for hydroxylation is 2. The van der Waals surface area contributed by atoms with Crippen molar-refractivity contribution in [1.82, 2.24) is 10.2 Å². The van der Waals surface area contributed by atoms with Crippen molar-refractivity contribution < 1.29 is 22.7 Å². The summed E-state index contributed by atoms with van der Waals surface area (Å²) in [6.07, 6.45) is 0.214. The van der Waals surface area contributed by atoms with E-state index in [0.29, 0.717) is 16.5 Å². The third-order valence-corrected chi connectivity index (χ3v) is 9.76. The summed E-state index contributed by atoms with van der Waals surface area (Å²) >= 11 is 6.08. The SMILES string of the molecule is COc1cccc(CN(C(=O)CN(c2ccc(C)c(C)c2)S(=O)(=O)c2ccc(Cl)cc2)[C@H](Cc2ccccc2)C(=O)NC(C)(C)C)c1. The Bertz CT molecular complexity index is 1810. The van der Waals surface area contributed by atoms with Crippen molar-refractivity contribution in [3.63, 3.8) is 0 Å². The van der Waals surface area contributed by atoms with E-state index in [2.05, 4.69) is 5.32 Å². The van der Waals surface area contributed by atoms with Gasteiger partial charge in [-0.1, -0.05) is 60.1 Å². The van der Waals surface area contributed by atoms with Crippen molar-refractivity contribution >= 4 is 39.1 Å². The highest BCUT2D eigenvalue weighted by Crippen LogP contribution is 2.28. The second-order valence-corrected chi connectivity index (χ2v) is 14.9.